The molecule has 0 aliphatic rings. The molecule has 1 aromatic carbocycles. The summed E-state index contributed by atoms with van der Waals surface area (Å²) in [5.41, 5.74) is 0.451. The van der Waals surface area contributed by atoms with Crippen LogP contribution in [0.4, 0.5) is 18.9 Å². The van der Waals surface area contributed by atoms with Crippen molar-refractivity contribution < 1.29 is 13.2 Å². The number of nitrogens with one attached hydrogen (secondary N) is 1. The molecule has 92 valence electrons. The van der Waals surface area contributed by atoms with Gasteiger partial charge in [0.05, 0.1) is 5.56 Å². The van der Waals surface area contributed by atoms with E-state index >= 15 is 0 Å². The fraction of sp³-hybridized carbons (Fsp3) is 0.250. The second-order valence-corrected chi connectivity index (χ2v) is 3.46. The standard InChI is InChI=1S/C12H13F3N2/c1-9(6-7-16-2)17-11-5-3-4-10(8-11)12(13,14)15/h3-8,17H,1-2H3/b9-6+,16-7?. The van der Waals surface area contributed by atoms with Crippen LogP contribution in [0.15, 0.2) is 41.0 Å². The summed E-state index contributed by atoms with van der Waals surface area (Å²) in [5.74, 6) is 0. The molecule has 0 spiro atoms. The normalized spacial score (nSPS) is 13.1. The van der Waals surface area contributed by atoms with Crippen molar-refractivity contribution in [2.45, 2.75) is 13.1 Å². The maximum Gasteiger partial charge on any atom is 0.416 e. The average molecular weight is 242 g/mol. The van der Waals surface area contributed by atoms with Gasteiger partial charge in [0, 0.05) is 24.6 Å². The molecule has 0 bridgehead atoms. The first-order valence-corrected chi connectivity index (χ1v) is 4.97. The number of anilines is 1. The number of benzene rings is 1. The van der Waals surface area contributed by atoms with E-state index in [1.807, 2.05) is 0 Å². The summed E-state index contributed by atoms with van der Waals surface area (Å²) in [6.45, 7) is 1.75. The van der Waals surface area contributed by atoms with Crippen LogP contribution in [0.25, 0.3) is 0 Å². The monoisotopic (exact) mass is 242 g/mol. The Bertz CT molecular complexity index is 434. The Labute approximate surface area is 97.9 Å². The Morgan fingerprint density at radius 3 is 2.65 bits per heavy atom. The van der Waals surface area contributed by atoms with Crippen molar-refractivity contribution in [1.29, 1.82) is 0 Å². The largest absolute Gasteiger partial charge is 0.416 e. The van der Waals surface area contributed by atoms with Crippen molar-refractivity contribution in [3.8, 4) is 0 Å². The lowest BCUT2D eigenvalue weighted by atomic mass is 10.2. The van der Waals surface area contributed by atoms with Crippen LogP contribution in [0.5, 0.6) is 0 Å². The molecule has 5 heteroatoms. The van der Waals surface area contributed by atoms with Gasteiger partial charge in [-0.2, -0.15) is 13.2 Å². The van der Waals surface area contributed by atoms with Gasteiger partial charge in [0.15, 0.2) is 0 Å². The van der Waals surface area contributed by atoms with E-state index in [2.05, 4.69) is 10.3 Å². The van der Waals surface area contributed by atoms with Crippen LogP contribution in [0.3, 0.4) is 0 Å². The maximum absolute atomic E-state index is 12.4. The molecule has 0 saturated heterocycles. The number of rotatable bonds is 3. The number of nitrogens with zero attached hydrogens (tertiary/aromatic N) is 1. The Morgan fingerprint density at radius 1 is 1.35 bits per heavy atom. The molecular formula is C12H13F3N2. The van der Waals surface area contributed by atoms with E-state index < -0.39 is 11.7 Å². The fourth-order valence-corrected chi connectivity index (χ4v) is 1.23. The molecule has 0 aromatic heterocycles. The lowest BCUT2D eigenvalue weighted by Gasteiger charge is -2.10. The summed E-state index contributed by atoms with van der Waals surface area (Å²) in [4.78, 5) is 3.75. The predicted octanol–water partition coefficient (Wildman–Crippen LogP) is 3.72. The molecule has 1 aromatic rings. The predicted molar refractivity (Wildman–Crippen MR) is 63.2 cm³/mol. The van der Waals surface area contributed by atoms with Crippen molar-refractivity contribution in [3.05, 3.63) is 41.6 Å². The minimum Gasteiger partial charge on any atom is -0.359 e. The minimum atomic E-state index is -4.32. The first kappa shape index (κ1) is 13.3. The number of hydrogen-bond donors (Lipinski definition) is 1. The number of aliphatic imine (C=N–C) groups is 1. The van der Waals surface area contributed by atoms with Gasteiger partial charge in [-0.3, -0.25) is 4.99 Å². The van der Waals surface area contributed by atoms with Gasteiger partial charge >= 0.3 is 6.18 Å². The van der Waals surface area contributed by atoms with Crippen LogP contribution in [-0.2, 0) is 6.18 Å². The van der Waals surface area contributed by atoms with E-state index in [-0.39, 0.29) is 0 Å². The van der Waals surface area contributed by atoms with Crippen molar-refractivity contribution in [1.82, 2.24) is 0 Å². The molecule has 1 rings (SSSR count). The maximum atomic E-state index is 12.4. The number of alkyl halides is 3. The molecule has 1 N–H and O–H groups in total. The minimum absolute atomic E-state index is 0.401. The van der Waals surface area contributed by atoms with Crippen molar-refractivity contribution >= 4 is 11.9 Å². The van der Waals surface area contributed by atoms with Gasteiger partial charge in [-0.15, -0.1) is 0 Å². The van der Waals surface area contributed by atoms with Gasteiger partial charge in [-0.1, -0.05) is 6.07 Å². The molecule has 0 radical (unpaired) electrons. The summed E-state index contributed by atoms with van der Waals surface area (Å²) in [6.07, 6.45) is -1.07. The van der Waals surface area contributed by atoms with Gasteiger partial charge in [0.2, 0.25) is 0 Å². The van der Waals surface area contributed by atoms with Crippen LogP contribution in [0, 0.1) is 0 Å². The highest BCUT2D eigenvalue weighted by Crippen LogP contribution is 2.30. The molecule has 0 aliphatic carbocycles. The molecule has 17 heavy (non-hydrogen) atoms. The highest BCUT2D eigenvalue weighted by atomic mass is 19.4. The van der Waals surface area contributed by atoms with Crippen LogP contribution >= 0.6 is 0 Å². The molecule has 2 nitrogen and oxygen atoms in total. The molecule has 0 saturated carbocycles. The lowest BCUT2D eigenvalue weighted by Crippen LogP contribution is -2.05. The number of allylic oxidation sites excluding steroid dienone is 2. The molecule has 0 aliphatic heterocycles. The smallest absolute Gasteiger partial charge is 0.359 e. The number of halogens is 3. The fourth-order valence-electron chi connectivity index (χ4n) is 1.23. The quantitative estimate of drug-likeness (QED) is 0.802. The summed E-state index contributed by atoms with van der Waals surface area (Å²) in [7, 11) is 1.62. The van der Waals surface area contributed by atoms with Crippen molar-refractivity contribution in [2.75, 3.05) is 12.4 Å². The van der Waals surface area contributed by atoms with Gasteiger partial charge in [-0.05, 0) is 31.2 Å². The number of hydrogen-bond acceptors (Lipinski definition) is 2. The second kappa shape index (κ2) is 5.52. The molecule has 0 fully saturated rings. The molecular weight excluding hydrogens is 229 g/mol. The average Bonchev–Trinajstić information content (AvgIpc) is 2.25. The first-order chi connectivity index (χ1) is 7.93. The van der Waals surface area contributed by atoms with Crippen molar-refractivity contribution in [2.24, 2.45) is 4.99 Å². The van der Waals surface area contributed by atoms with Gasteiger partial charge < -0.3 is 5.32 Å². The highest BCUT2D eigenvalue weighted by molar-refractivity contribution is 5.73. The van der Waals surface area contributed by atoms with E-state index in [1.54, 1.807) is 32.3 Å². The Balaban J connectivity index is 2.86. The third kappa shape index (κ3) is 4.30. The summed E-state index contributed by atoms with van der Waals surface area (Å²) in [6, 6.07) is 5.06. The molecule has 0 unspecified atom stereocenters. The van der Waals surface area contributed by atoms with E-state index in [0.717, 1.165) is 17.8 Å². The summed E-state index contributed by atoms with van der Waals surface area (Å²) >= 11 is 0. The highest BCUT2D eigenvalue weighted by Gasteiger charge is 2.30. The van der Waals surface area contributed by atoms with Crippen LogP contribution in [0.2, 0.25) is 0 Å². The molecule has 0 heterocycles. The zero-order valence-corrected chi connectivity index (χ0v) is 9.55. The zero-order valence-electron chi connectivity index (χ0n) is 9.55. The Kier molecular flexibility index (Phi) is 4.31. The van der Waals surface area contributed by atoms with E-state index in [0.29, 0.717) is 5.69 Å². The van der Waals surface area contributed by atoms with Gasteiger partial charge in [0.25, 0.3) is 0 Å². The first-order valence-electron chi connectivity index (χ1n) is 4.97. The summed E-state index contributed by atoms with van der Waals surface area (Å²) < 4.78 is 37.3. The van der Waals surface area contributed by atoms with Crippen LogP contribution < -0.4 is 5.32 Å². The molecule has 0 amide bonds. The topological polar surface area (TPSA) is 24.4 Å². The lowest BCUT2D eigenvalue weighted by molar-refractivity contribution is -0.137. The van der Waals surface area contributed by atoms with E-state index in [1.165, 1.54) is 6.07 Å². The van der Waals surface area contributed by atoms with Gasteiger partial charge in [0.1, 0.15) is 0 Å². The SMILES string of the molecule is CN=C/C=C(\C)Nc1cccc(C(F)(F)F)c1. The summed E-state index contributed by atoms with van der Waals surface area (Å²) in [5, 5.41) is 2.86. The van der Waals surface area contributed by atoms with Crippen molar-refractivity contribution in [3.63, 3.8) is 0 Å². The van der Waals surface area contributed by atoms with E-state index in [4.69, 9.17) is 0 Å². The van der Waals surface area contributed by atoms with Gasteiger partial charge in [-0.25, -0.2) is 0 Å². The third-order valence-corrected chi connectivity index (χ3v) is 2.01. The van der Waals surface area contributed by atoms with Crippen LogP contribution in [0.1, 0.15) is 12.5 Å². The van der Waals surface area contributed by atoms with E-state index in [9.17, 15) is 13.2 Å². The zero-order chi connectivity index (χ0) is 12.9. The Morgan fingerprint density at radius 2 is 2.06 bits per heavy atom. The molecule has 0 atom stereocenters. The third-order valence-electron chi connectivity index (χ3n) is 2.01. The Hall–Kier alpha value is -1.78. The van der Waals surface area contributed by atoms with Crippen LogP contribution in [-0.4, -0.2) is 13.3 Å². The second-order valence-electron chi connectivity index (χ2n) is 3.46.